The molecule has 0 aliphatic rings. The van der Waals surface area contributed by atoms with Crippen molar-refractivity contribution in [3.05, 3.63) is 77.8 Å². The summed E-state index contributed by atoms with van der Waals surface area (Å²) in [7, 11) is 0. The Morgan fingerprint density at radius 3 is 2.19 bits per heavy atom. The average molecular weight is 290 g/mol. The van der Waals surface area contributed by atoms with Gasteiger partial charge in [-0.15, -0.1) is 0 Å². The zero-order chi connectivity index (χ0) is 14.2. The largest absolute Gasteiger partial charge is 0.246 e. The molecule has 3 aromatic carbocycles. The third-order valence-corrected chi connectivity index (χ3v) is 4.01. The zero-order valence-electron chi connectivity index (χ0n) is 11.3. The van der Waals surface area contributed by atoms with E-state index in [9.17, 15) is 0 Å². The fraction of sp³-hybridized carbons (Fsp3) is 0. The van der Waals surface area contributed by atoms with E-state index in [1.54, 1.807) is 0 Å². The van der Waals surface area contributed by atoms with Gasteiger partial charge < -0.3 is 0 Å². The van der Waals surface area contributed by atoms with Gasteiger partial charge in [0.25, 0.3) is 0 Å². The lowest BCUT2D eigenvalue weighted by molar-refractivity contribution is 1.49. The van der Waals surface area contributed by atoms with Crippen molar-refractivity contribution in [3.63, 3.8) is 0 Å². The molecule has 0 aliphatic heterocycles. The van der Waals surface area contributed by atoms with Crippen molar-refractivity contribution in [2.45, 2.75) is 0 Å². The van der Waals surface area contributed by atoms with Crippen LogP contribution >= 0.6 is 11.6 Å². The Bertz CT molecular complexity index is 945. The highest BCUT2D eigenvalue weighted by molar-refractivity contribution is 6.35. The predicted octanol–water partition coefficient (Wildman–Crippen LogP) is 5.71. The lowest BCUT2D eigenvalue weighted by atomic mass is 10.0. The van der Waals surface area contributed by atoms with Gasteiger partial charge in [0.1, 0.15) is 0 Å². The van der Waals surface area contributed by atoms with E-state index in [0.29, 0.717) is 5.02 Å². The van der Waals surface area contributed by atoms with E-state index in [-0.39, 0.29) is 0 Å². The molecule has 0 radical (unpaired) electrons. The minimum Gasteiger partial charge on any atom is -0.246 e. The van der Waals surface area contributed by atoms with Gasteiger partial charge in [0.05, 0.1) is 16.1 Å². The zero-order valence-corrected chi connectivity index (χ0v) is 12.0. The number of halogens is 1. The Kier molecular flexibility index (Phi) is 2.87. The summed E-state index contributed by atoms with van der Waals surface area (Å²) >= 11 is 6.29. The van der Waals surface area contributed by atoms with E-state index in [2.05, 4.69) is 36.4 Å². The van der Waals surface area contributed by atoms with Gasteiger partial charge in [-0.2, -0.15) is 0 Å². The first-order chi connectivity index (χ1) is 10.3. The monoisotopic (exact) mass is 289 g/mol. The van der Waals surface area contributed by atoms with Crippen molar-refractivity contribution in [1.82, 2.24) is 4.98 Å². The van der Waals surface area contributed by atoms with Crippen LogP contribution in [0.1, 0.15) is 0 Å². The summed E-state index contributed by atoms with van der Waals surface area (Å²) in [4.78, 5) is 4.82. The third-order valence-electron chi connectivity index (χ3n) is 3.70. The molecule has 1 nitrogen and oxygen atoms in total. The Labute approximate surface area is 127 Å². The maximum Gasteiger partial charge on any atom is 0.0896 e. The van der Waals surface area contributed by atoms with Gasteiger partial charge in [-0.05, 0) is 17.7 Å². The summed E-state index contributed by atoms with van der Waals surface area (Å²) in [5, 5.41) is 2.89. The summed E-state index contributed by atoms with van der Waals surface area (Å²) in [6.07, 6.45) is 0. The molecule has 0 aliphatic carbocycles. The van der Waals surface area contributed by atoms with Crippen LogP contribution in [0.25, 0.3) is 32.9 Å². The van der Waals surface area contributed by atoms with E-state index in [0.717, 1.165) is 27.4 Å². The highest BCUT2D eigenvalue weighted by Gasteiger charge is 2.08. The molecule has 4 aromatic rings. The van der Waals surface area contributed by atoms with Crippen LogP contribution < -0.4 is 0 Å². The SMILES string of the molecule is Clc1cccc2cc3cccc(-c4ccccc4)c3nc12. The van der Waals surface area contributed by atoms with Crippen molar-refractivity contribution in [2.75, 3.05) is 0 Å². The minimum absolute atomic E-state index is 0.692. The standard InChI is InChI=1S/C19H12ClN/c20-17-11-5-9-15-12-14-8-4-10-16(18(14)21-19(15)17)13-6-2-1-3-7-13/h1-12H. The van der Waals surface area contributed by atoms with Crippen molar-refractivity contribution in [1.29, 1.82) is 0 Å². The first-order valence-electron chi connectivity index (χ1n) is 6.86. The van der Waals surface area contributed by atoms with E-state index in [4.69, 9.17) is 16.6 Å². The van der Waals surface area contributed by atoms with E-state index >= 15 is 0 Å². The number of hydrogen-bond donors (Lipinski definition) is 0. The van der Waals surface area contributed by atoms with Crippen molar-refractivity contribution >= 4 is 33.4 Å². The minimum atomic E-state index is 0.692. The quantitative estimate of drug-likeness (QED) is 0.409. The molecule has 21 heavy (non-hydrogen) atoms. The number of aromatic nitrogens is 1. The van der Waals surface area contributed by atoms with E-state index < -0.39 is 0 Å². The van der Waals surface area contributed by atoms with Crippen molar-refractivity contribution in [2.24, 2.45) is 0 Å². The smallest absolute Gasteiger partial charge is 0.0896 e. The molecule has 0 spiro atoms. The van der Waals surface area contributed by atoms with Gasteiger partial charge >= 0.3 is 0 Å². The Hall–Kier alpha value is -2.38. The maximum absolute atomic E-state index is 6.29. The van der Waals surface area contributed by atoms with E-state index in [1.807, 2.05) is 36.4 Å². The molecular formula is C19H12ClN. The van der Waals surface area contributed by atoms with Crippen LogP contribution in [0.2, 0.25) is 5.02 Å². The van der Waals surface area contributed by atoms with E-state index in [1.165, 1.54) is 5.56 Å². The number of hydrogen-bond acceptors (Lipinski definition) is 1. The Morgan fingerprint density at radius 1 is 0.667 bits per heavy atom. The highest BCUT2D eigenvalue weighted by atomic mass is 35.5. The molecule has 0 fully saturated rings. The van der Waals surface area contributed by atoms with Crippen LogP contribution in [0.5, 0.6) is 0 Å². The van der Waals surface area contributed by atoms with Crippen LogP contribution in [0, 0.1) is 0 Å². The first-order valence-corrected chi connectivity index (χ1v) is 7.24. The molecule has 0 N–H and O–H groups in total. The molecule has 0 amide bonds. The summed E-state index contributed by atoms with van der Waals surface area (Å²) in [6, 6.07) is 24.6. The molecule has 0 bridgehead atoms. The van der Waals surface area contributed by atoms with Crippen molar-refractivity contribution < 1.29 is 0 Å². The van der Waals surface area contributed by atoms with Gasteiger partial charge in [-0.25, -0.2) is 4.98 Å². The number of nitrogens with zero attached hydrogens (tertiary/aromatic N) is 1. The van der Waals surface area contributed by atoms with Gasteiger partial charge in [-0.3, -0.25) is 0 Å². The molecule has 0 atom stereocenters. The summed E-state index contributed by atoms with van der Waals surface area (Å²) < 4.78 is 0. The predicted molar refractivity (Wildman–Crippen MR) is 89.7 cm³/mol. The van der Waals surface area contributed by atoms with Crippen LogP contribution in [0.4, 0.5) is 0 Å². The lowest BCUT2D eigenvalue weighted by Crippen LogP contribution is -1.87. The topological polar surface area (TPSA) is 12.9 Å². The van der Waals surface area contributed by atoms with Crippen LogP contribution in [-0.2, 0) is 0 Å². The first kappa shape index (κ1) is 12.4. The molecule has 0 saturated heterocycles. The van der Waals surface area contributed by atoms with Gasteiger partial charge in [-0.1, -0.05) is 72.3 Å². The maximum atomic E-state index is 6.29. The second-order valence-corrected chi connectivity index (χ2v) is 5.45. The molecular weight excluding hydrogens is 278 g/mol. The second-order valence-electron chi connectivity index (χ2n) is 5.04. The van der Waals surface area contributed by atoms with Crippen LogP contribution in [0.3, 0.4) is 0 Å². The molecule has 100 valence electrons. The molecule has 1 heterocycles. The summed E-state index contributed by atoms with van der Waals surface area (Å²) in [6.45, 7) is 0. The number of para-hydroxylation sites is 2. The summed E-state index contributed by atoms with van der Waals surface area (Å²) in [5.74, 6) is 0. The number of benzene rings is 3. The second kappa shape index (κ2) is 4.87. The fourth-order valence-corrected chi connectivity index (χ4v) is 2.92. The number of fused-ring (bicyclic) bond motifs is 2. The Morgan fingerprint density at radius 2 is 1.38 bits per heavy atom. The molecule has 1 aromatic heterocycles. The third kappa shape index (κ3) is 2.07. The Balaban J connectivity index is 2.11. The van der Waals surface area contributed by atoms with Crippen molar-refractivity contribution in [3.8, 4) is 11.1 Å². The fourth-order valence-electron chi connectivity index (χ4n) is 2.70. The molecule has 0 unspecified atom stereocenters. The van der Waals surface area contributed by atoms with Crippen LogP contribution in [0.15, 0.2) is 72.8 Å². The molecule has 4 rings (SSSR count). The lowest BCUT2D eigenvalue weighted by Gasteiger charge is -2.08. The summed E-state index contributed by atoms with van der Waals surface area (Å²) in [5.41, 5.74) is 4.15. The normalized spacial score (nSPS) is 11.1. The number of rotatable bonds is 1. The number of pyridine rings is 1. The average Bonchev–Trinajstić information content (AvgIpc) is 2.54. The highest BCUT2D eigenvalue weighted by Crippen LogP contribution is 2.31. The molecule has 2 heteroatoms. The van der Waals surface area contributed by atoms with Crippen LogP contribution in [-0.4, -0.2) is 4.98 Å². The van der Waals surface area contributed by atoms with Gasteiger partial charge in [0.15, 0.2) is 0 Å². The van der Waals surface area contributed by atoms with Gasteiger partial charge in [0, 0.05) is 16.3 Å². The van der Waals surface area contributed by atoms with Gasteiger partial charge in [0.2, 0.25) is 0 Å². The molecule has 0 saturated carbocycles.